The van der Waals surface area contributed by atoms with Gasteiger partial charge in [0.15, 0.2) is 0 Å². The summed E-state index contributed by atoms with van der Waals surface area (Å²) in [6.07, 6.45) is 0. The molecule has 1 heterocycles. The lowest BCUT2D eigenvalue weighted by molar-refractivity contribution is 0.0699. The first-order valence-electron chi connectivity index (χ1n) is 7.40. The van der Waals surface area contributed by atoms with Crippen LogP contribution in [0.25, 0.3) is 22.2 Å². The first-order valence-corrected chi connectivity index (χ1v) is 7.40. The van der Waals surface area contributed by atoms with E-state index in [1.807, 2.05) is 26.0 Å². The van der Waals surface area contributed by atoms with Gasteiger partial charge in [-0.1, -0.05) is 6.07 Å². The van der Waals surface area contributed by atoms with E-state index < -0.39 is 11.8 Å². The molecule has 5 heteroatoms. The van der Waals surface area contributed by atoms with Crippen LogP contribution in [-0.4, -0.2) is 23.2 Å². The first kappa shape index (κ1) is 15.9. The highest BCUT2D eigenvalue weighted by atomic mass is 19.1. The maximum Gasteiger partial charge on any atom is 0.336 e. The molecule has 0 spiro atoms. The van der Waals surface area contributed by atoms with Gasteiger partial charge in [-0.3, -0.25) is 0 Å². The number of ether oxygens (including phenoxy) is 1. The van der Waals surface area contributed by atoms with E-state index in [0.717, 1.165) is 11.1 Å². The van der Waals surface area contributed by atoms with Crippen molar-refractivity contribution in [3.63, 3.8) is 0 Å². The van der Waals surface area contributed by atoms with Crippen LogP contribution in [0.2, 0.25) is 0 Å². The molecule has 2 aromatic carbocycles. The number of hydrogen-bond donors (Lipinski definition) is 1. The molecule has 4 nitrogen and oxygen atoms in total. The molecular formula is C19H16FNO3. The van der Waals surface area contributed by atoms with Gasteiger partial charge in [0.05, 0.1) is 23.9 Å². The summed E-state index contributed by atoms with van der Waals surface area (Å²) in [4.78, 5) is 16.3. The highest BCUT2D eigenvalue weighted by Crippen LogP contribution is 2.33. The van der Waals surface area contributed by atoms with Gasteiger partial charge in [0.25, 0.3) is 0 Å². The van der Waals surface area contributed by atoms with E-state index in [4.69, 9.17) is 4.74 Å². The second-order valence-corrected chi connectivity index (χ2v) is 5.68. The maximum atomic E-state index is 13.7. The summed E-state index contributed by atoms with van der Waals surface area (Å²) in [5.74, 6) is -1.06. The predicted molar refractivity (Wildman–Crippen MR) is 90.1 cm³/mol. The average Bonchev–Trinajstić information content (AvgIpc) is 2.53. The van der Waals surface area contributed by atoms with Crippen LogP contribution in [0.1, 0.15) is 21.5 Å². The summed E-state index contributed by atoms with van der Waals surface area (Å²) in [5, 5.41) is 10.2. The molecular weight excluding hydrogens is 309 g/mol. The zero-order valence-corrected chi connectivity index (χ0v) is 13.6. The van der Waals surface area contributed by atoms with Crippen molar-refractivity contribution in [3.8, 4) is 17.0 Å². The molecule has 0 aliphatic rings. The van der Waals surface area contributed by atoms with Crippen LogP contribution in [0, 0.1) is 19.7 Å². The van der Waals surface area contributed by atoms with Crippen LogP contribution >= 0.6 is 0 Å². The molecule has 24 heavy (non-hydrogen) atoms. The van der Waals surface area contributed by atoms with Crippen LogP contribution < -0.4 is 4.74 Å². The molecule has 0 saturated heterocycles. The summed E-state index contributed by atoms with van der Waals surface area (Å²) in [6.45, 7) is 3.77. The van der Waals surface area contributed by atoms with Gasteiger partial charge >= 0.3 is 5.97 Å². The number of hydrogen-bond acceptors (Lipinski definition) is 3. The van der Waals surface area contributed by atoms with Gasteiger partial charge in [-0.2, -0.15) is 0 Å². The van der Waals surface area contributed by atoms with E-state index in [1.54, 1.807) is 0 Å². The normalized spacial score (nSPS) is 10.8. The topological polar surface area (TPSA) is 59.4 Å². The van der Waals surface area contributed by atoms with Crippen molar-refractivity contribution in [1.29, 1.82) is 0 Å². The number of methoxy groups -OCH3 is 1. The second kappa shape index (κ2) is 5.92. The van der Waals surface area contributed by atoms with Gasteiger partial charge in [0.1, 0.15) is 11.6 Å². The Bertz CT molecular complexity index is 966. The van der Waals surface area contributed by atoms with Crippen molar-refractivity contribution >= 4 is 16.9 Å². The van der Waals surface area contributed by atoms with Crippen molar-refractivity contribution in [3.05, 3.63) is 58.9 Å². The van der Waals surface area contributed by atoms with E-state index >= 15 is 0 Å². The fourth-order valence-corrected chi connectivity index (χ4v) is 2.94. The number of rotatable bonds is 3. The fourth-order valence-electron chi connectivity index (χ4n) is 2.94. The number of benzene rings is 2. The molecule has 0 bridgehead atoms. The lowest BCUT2D eigenvalue weighted by Crippen LogP contribution is -2.02. The Morgan fingerprint density at radius 2 is 1.92 bits per heavy atom. The van der Waals surface area contributed by atoms with Crippen molar-refractivity contribution in [2.24, 2.45) is 0 Å². The van der Waals surface area contributed by atoms with Gasteiger partial charge in [-0.25, -0.2) is 14.2 Å². The lowest BCUT2D eigenvalue weighted by atomic mass is 9.98. The Balaban J connectivity index is 2.39. The molecule has 0 aliphatic carbocycles. The zero-order chi connectivity index (χ0) is 17.4. The molecule has 122 valence electrons. The van der Waals surface area contributed by atoms with Gasteiger partial charge in [-0.05, 0) is 55.3 Å². The van der Waals surface area contributed by atoms with Crippen LogP contribution in [0.5, 0.6) is 5.75 Å². The van der Waals surface area contributed by atoms with Crippen LogP contribution in [0.3, 0.4) is 0 Å². The monoisotopic (exact) mass is 325 g/mol. The third kappa shape index (κ3) is 2.69. The number of carbonyl (C=O) groups is 1. The number of carboxylic acid groups (broad SMARTS) is 1. The molecule has 0 unspecified atom stereocenters. The highest BCUT2D eigenvalue weighted by molar-refractivity contribution is 6.05. The number of aromatic carboxylic acids is 1. The van der Waals surface area contributed by atoms with Crippen molar-refractivity contribution < 1.29 is 19.0 Å². The Labute approximate surface area is 138 Å². The van der Waals surface area contributed by atoms with Crippen molar-refractivity contribution in [2.45, 2.75) is 13.8 Å². The predicted octanol–water partition coefficient (Wildman–Crippen LogP) is 4.36. The van der Waals surface area contributed by atoms with Crippen LogP contribution in [0.4, 0.5) is 4.39 Å². The molecule has 1 N–H and O–H groups in total. The zero-order valence-electron chi connectivity index (χ0n) is 13.6. The van der Waals surface area contributed by atoms with E-state index in [0.29, 0.717) is 27.9 Å². The third-order valence-corrected chi connectivity index (χ3v) is 3.92. The summed E-state index contributed by atoms with van der Waals surface area (Å²) in [7, 11) is 1.48. The second-order valence-electron chi connectivity index (χ2n) is 5.68. The molecule has 0 saturated carbocycles. The van der Waals surface area contributed by atoms with Crippen LogP contribution in [-0.2, 0) is 0 Å². The maximum absolute atomic E-state index is 13.7. The largest absolute Gasteiger partial charge is 0.496 e. The van der Waals surface area contributed by atoms with E-state index in [9.17, 15) is 14.3 Å². The van der Waals surface area contributed by atoms with E-state index in [2.05, 4.69) is 4.98 Å². The molecule has 0 fully saturated rings. The summed E-state index contributed by atoms with van der Waals surface area (Å²) in [6, 6.07) is 9.28. The Kier molecular flexibility index (Phi) is 3.93. The summed E-state index contributed by atoms with van der Waals surface area (Å²) < 4.78 is 18.9. The third-order valence-electron chi connectivity index (χ3n) is 3.92. The standard InChI is InChI=1S/C19H16FNO3/c1-10-6-11(2)18-14(19(22)23)9-15(21-16(18)7-10)13-8-12(20)4-5-17(13)24-3/h4-9H,1-3H3,(H,22,23). The molecule has 0 aliphatic heterocycles. The number of carboxylic acids is 1. The number of fused-ring (bicyclic) bond motifs is 1. The molecule has 3 aromatic rings. The van der Waals surface area contributed by atoms with Gasteiger partial charge in [-0.15, -0.1) is 0 Å². The van der Waals surface area contributed by atoms with Gasteiger partial charge in [0.2, 0.25) is 0 Å². The minimum absolute atomic E-state index is 0.138. The summed E-state index contributed by atoms with van der Waals surface area (Å²) >= 11 is 0. The minimum Gasteiger partial charge on any atom is -0.496 e. The number of aryl methyl sites for hydroxylation is 2. The molecule has 0 radical (unpaired) electrons. The fraction of sp³-hybridized carbons (Fsp3) is 0.158. The van der Waals surface area contributed by atoms with E-state index in [1.165, 1.54) is 31.4 Å². The number of nitrogens with zero attached hydrogens (tertiary/aromatic N) is 1. The highest BCUT2D eigenvalue weighted by Gasteiger charge is 2.17. The molecule has 3 rings (SSSR count). The quantitative estimate of drug-likeness (QED) is 0.777. The number of pyridine rings is 1. The summed E-state index contributed by atoms with van der Waals surface area (Å²) in [5.41, 5.74) is 3.30. The Morgan fingerprint density at radius 3 is 2.58 bits per heavy atom. The number of halogens is 1. The Hall–Kier alpha value is -2.95. The Morgan fingerprint density at radius 1 is 1.17 bits per heavy atom. The van der Waals surface area contributed by atoms with Crippen molar-refractivity contribution in [2.75, 3.05) is 7.11 Å². The lowest BCUT2D eigenvalue weighted by Gasteiger charge is -2.12. The minimum atomic E-state index is -1.05. The average molecular weight is 325 g/mol. The number of aromatic nitrogens is 1. The van der Waals surface area contributed by atoms with E-state index in [-0.39, 0.29) is 5.56 Å². The molecule has 0 amide bonds. The molecule has 0 atom stereocenters. The van der Waals surface area contributed by atoms with Gasteiger partial charge < -0.3 is 9.84 Å². The SMILES string of the molecule is COc1ccc(F)cc1-c1cc(C(=O)O)c2c(C)cc(C)cc2n1. The molecule has 1 aromatic heterocycles. The van der Waals surface area contributed by atoms with Gasteiger partial charge in [0, 0.05) is 10.9 Å². The smallest absolute Gasteiger partial charge is 0.336 e. The van der Waals surface area contributed by atoms with Crippen molar-refractivity contribution in [1.82, 2.24) is 4.98 Å². The first-order chi connectivity index (χ1) is 11.4. The van der Waals surface area contributed by atoms with Crippen LogP contribution in [0.15, 0.2) is 36.4 Å².